The van der Waals surface area contributed by atoms with Crippen molar-refractivity contribution in [2.75, 3.05) is 0 Å². The van der Waals surface area contributed by atoms with Gasteiger partial charge in [0.1, 0.15) is 0 Å². The van der Waals surface area contributed by atoms with E-state index in [2.05, 4.69) is 113 Å². The summed E-state index contributed by atoms with van der Waals surface area (Å²) in [4.78, 5) is 0. The molecular weight excluding hydrogens is 734 g/mol. The van der Waals surface area contributed by atoms with Crippen LogP contribution in [0.3, 0.4) is 0 Å². The fourth-order valence-electron chi connectivity index (χ4n) is 9.71. The predicted molar refractivity (Wildman–Crippen MR) is 261 cm³/mol. The molecule has 0 spiro atoms. The molecule has 0 aromatic heterocycles. The highest BCUT2D eigenvalue weighted by Gasteiger charge is 2.53. The van der Waals surface area contributed by atoms with Gasteiger partial charge in [-0.3, -0.25) is 0 Å². The van der Waals surface area contributed by atoms with E-state index < -0.39 is 36.6 Å². The molecule has 6 heteroatoms. The molecule has 1 unspecified atom stereocenters. The van der Waals surface area contributed by atoms with E-state index in [4.69, 9.17) is 18.6 Å². The summed E-state index contributed by atoms with van der Waals surface area (Å²) in [6, 6.07) is 14.1. The van der Waals surface area contributed by atoms with Crippen molar-refractivity contribution in [2.24, 2.45) is 5.92 Å². The fourth-order valence-corrected chi connectivity index (χ4v) is 9.71. The number of allylic oxidation sites excluding steroid dienone is 1. The molecule has 0 radical (unpaired) electrons. The topological polar surface area (TPSA) is 36.9 Å². The predicted octanol–water partition coefficient (Wildman–Crippen LogP) is 15.1. The van der Waals surface area contributed by atoms with Crippen LogP contribution in [0.5, 0.6) is 0 Å². The number of rotatable bonds is 27. The first kappa shape index (κ1) is 49.2. The fraction of sp³-hybridized carbons (Fsp3) is 0.741. The van der Waals surface area contributed by atoms with Crippen LogP contribution in [0.15, 0.2) is 42.0 Å². The van der Waals surface area contributed by atoms with E-state index >= 15 is 0 Å². The Hall–Kier alpha value is -1.85. The summed E-state index contributed by atoms with van der Waals surface area (Å²) in [5, 5.41) is 0. The quantitative estimate of drug-likeness (QED) is 0.0567. The molecule has 2 heterocycles. The number of fused-ring (bicyclic) bond motifs is 3. The third kappa shape index (κ3) is 12.7. The summed E-state index contributed by atoms with van der Waals surface area (Å²) in [5.41, 5.74) is 9.17. The summed E-state index contributed by atoms with van der Waals surface area (Å²) < 4.78 is 26.7. The number of hydrogen-bond acceptors (Lipinski definition) is 4. The Balaban J connectivity index is 1.53. The van der Waals surface area contributed by atoms with E-state index in [1.807, 2.05) is 0 Å². The van der Waals surface area contributed by atoms with Gasteiger partial charge in [-0.05, 0) is 119 Å². The van der Waals surface area contributed by atoms with Gasteiger partial charge in [-0.1, -0.05) is 198 Å². The van der Waals surface area contributed by atoms with E-state index in [1.54, 1.807) is 5.57 Å². The second kappa shape index (κ2) is 22.7. The molecule has 2 aromatic rings. The molecule has 0 N–H and O–H groups in total. The van der Waals surface area contributed by atoms with Gasteiger partial charge in [0.25, 0.3) is 0 Å². The maximum absolute atomic E-state index is 6.68. The van der Waals surface area contributed by atoms with Gasteiger partial charge in [-0.2, -0.15) is 0 Å². The van der Waals surface area contributed by atoms with Gasteiger partial charge in [0.2, 0.25) is 0 Å². The largest absolute Gasteiger partial charge is 0.494 e. The SMILES string of the molecule is CCCCCCCCCCCCC(CC(CCCCCC)CCCCCCCC)=C1c2cc(B3OC(C)(C)C(C)(C)O3)ccc2-c2ccc(B3OC(C)(C)C(C)(C)O3)cc21. The lowest BCUT2D eigenvalue weighted by molar-refractivity contribution is 0.00578. The summed E-state index contributed by atoms with van der Waals surface area (Å²) in [6.07, 6.45) is 32.1. The first-order valence-corrected chi connectivity index (χ1v) is 25.4. The molecule has 0 amide bonds. The zero-order valence-corrected chi connectivity index (χ0v) is 40.8. The van der Waals surface area contributed by atoms with E-state index in [-0.39, 0.29) is 0 Å². The molecular formula is C54H88B2O4. The second-order valence-electron chi connectivity index (χ2n) is 21.2. The van der Waals surface area contributed by atoms with Crippen molar-refractivity contribution in [3.05, 3.63) is 53.1 Å². The highest BCUT2D eigenvalue weighted by molar-refractivity contribution is 6.63. The first-order chi connectivity index (χ1) is 28.6. The van der Waals surface area contributed by atoms with Crippen LogP contribution in [-0.4, -0.2) is 36.6 Å². The Labute approximate surface area is 370 Å². The molecule has 0 saturated carbocycles. The highest BCUT2D eigenvalue weighted by Crippen LogP contribution is 2.48. The molecule has 2 aliphatic heterocycles. The lowest BCUT2D eigenvalue weighted by atomic mass is 9.76. The third-order valence-electron chi connectivity index (χ3n) is 15.1. The van der Waals surface area contributed by atoms with Crippen LogP contribution in [0.4, 0.5) is 0 Å². The van der Waals surface area contributed by atoms with Crippen molar-refractivity contribution in [3.8, 4) is 11.1 Å². The molecule has 4 nitrogen and oxygen atoms in total. The van der Waals surface area contributed by atoms with Crippen LogP contribution < -0.4 is 10.9 Å². The number of unbranched alkanes of at least 4 members (excludes halogenated alkanes) is 17. The van der Waals surface area contributed by atoms with Crippen LogP contribution in [0.2, 0.25) is 0 Å². The van der Waals surface area contributed by atoms with Crippen LogP contribution >= 0.6 is 0 Å². The summed E-state index contributed by atoms with van der Waals surface area (Å²) in [7, 11) is -0.787. The van der Waals surface area contributed by atoms with Crippen LogP contribution in [-0.2, 0) is 18.6 Å². The van der Waals surface area contributed by atoms with Gasteiger partial charge in [0.05, 0.1) is 22.4 Å². The van der Waals surface area contributed by atoms with E-state index in [1.165, 1.54) is 176 Å². The first-order valence-electron chi connectivity index (χ1n) is 25.4. The molecule has 2 aromatic carbocycles. The van der Waals surface area contributed by atoms with Crippen molar-refractivity contribution in [1.29, 1.82) is 0 Å². The lowest BCUT2D eigenvalue weighted by Crippen LogP contribution is -2.41. The van der Waals surface area contributed by atoms with E-state index in [9.17, 15) is 0 Å². The van der Waals surface area contributed by atoms with E-state index in [0.717, 1.165) is 17.3 Å². The Kier molecular flexibility index (Phi) is 18.6. The molecule has 2 saturated heterocycles. The Morgan fingerprint density at radius 3 is 1.15 bits per heavy atom. The van der Waals surface area contributed by atoms with Gasteiger partial charge in [-0.25, -0.2) is 0 Å². The van der Waals surface area contributed by atoms with Gasteiger partial charge in [0.15, 0.2) is 0 Å². The average Bonchev–Trinajstić information content (AvgIpc) is 3.73. The Morgan fingerprint density at radius 2 is 0.767 bits per heavy atom. The minimum atomic E-state index is -0.394. The standard InChI is InChI=1S/C54H88B2O4/c1-12-15-18-21-23-24-25-26-28-31-34-43(39-42(32-29-20-17-14-3)33-30-27-22-19-16-13-2)50-48-40-44(55-57-51(4,5)52(6,7)58-55)35-37-46(48)47-38-36-45(41-49(47)50)56-59-53(8,9)54(10,11)60-56/h35-38,40-42H,12-34,39H2,1-11H3. The highest BCUT2D eigenvalue weighted by atomic mass is 16.7. The maximum Gasteiger partial charge on any atom is 0.494 e. The Morgan fingerprint density at radius 1 is 0.433 bits per heavy atom. The molecule has 2 fully saturated rings. The third-order valence-corrected chi connectivity index (χ3v) is 15.1. The summed E-state index contributed by atoms with van der Waals surface area (Å²) in [5.74, 6) is 0.712. The van der Waals surface area contributed by atoms with Crippen LogP contribution in [0, 0.1) is 5.92 Å². The normalized spacial score (nSPS) is 18.9. The van der Waals surface area contributed by atoms with Crippen LogP contribution in [0.1, 0.15) is 241 Å². The molecule has 334 valence electrons. The van der Waals surface area contributed by atoms with Gasteiger partial charge in [-0.15, -0.1) is 0 Å². The second-order valence-corrected chi connectivity index (χ2v) is 21.2. The average molecular weight is 823 g/mol. The minimum absolute atomic E-state index is 0.391. The van der Waals surface area contributed by atoms with Crippen LogP contribution in [0.25, 0.3) is 16.7 Å². The smallest absolute Gasteiger partial charge is 0.399 e. The maximum atomic E-state index is 6.68. The molecule has 1 atom stereocenters. The monoisotopic (exact) mass is 823 g/mol. The zero-order chi connectivity index (χ0) is 43.4. The molecule has 5 rings (SSSR count). The Bertz CT molecular complexity index is 1540. The van der Waals surface area contributed by atoms with Crippen molar-refractivity contribution >= 4 is 30.7 Å². The van der Waals surface area contributed by atoms with Crippen molar-refractivity contribution in [1.82, 2.24) is 0 Å². The zero-order valence-electron chi connectivity index (χ0n) is 40.8. The summed E-state index contributed by atoms with van der Waals surface area (Å²) >= 11 is 0. The molecule has 60 heavy (non-hydrogen) atoms. The van der Waals surface area contributed by atoms with Crippen molar-refractivity contribution < 1.29 is 18.6 Å². The number of hydrogen-bond donors (Lipinski definition) is 0. The molecule has 0 bridgehead atoms. The molecule has 1 aliphatic carbocycles. The van der Waals surface area contributed by atoms with E-state index in [0.29, 0.717) is 5.92 Å². The minimum Gasteiger partial charge on any atom is -0.399 e. The van der Waals surface area contributed by atoms with Gasteiger partial charge >= 0.3 is 14.2 Å². The van der Waals surface area contributed by atoms with Crippen molar-refractivity contribution in [3.63, 3.8) is 0 Å². The van der Waals surface area contributed by atoms with Gasteiger partial charge in [0, 0.05) is 0 Å². The molecule has 3 aliphatic rings. The number of benzene rings is 2. The van der Waals surface area contributed by atoms with Crippen molar-refractivity contribution in [2.45, 2.75) is 253 Å². The lowest BCUT2D eigenvalue weighted by Gasteiger charge is -2.32. The summed E-state index contributed by atoms with van der Waals surface area (Å²) in [6.45, 7) is 24.3. The van der Waals surface area contributed by atoms with Gasteiger partial charge < -0.3 is 18.6 Å².